The molecule has 3 rings (SSSR count). The predicted molar refractivity (Wildman–Crippen MR) is 70.5 cm³/mol. The molecular formula is C14H26N2O2. The molecular weight excluding hydrogens is 228 g/mol. The molecule has 18 heavy (non-hydrogen) atoms. The largest absolute Gasteiger partial charge is 0.349 e. The van der Waals surface area contributed by atoms with E-state index in [1.807, 2.05) is 13.8 Å². The fourth-order valence-corrected chi connectivity index (χ4v) is 3.50. The molecule has 0 saturated carbocycles. The zero-order valence-corrected chi connectivity index (χ0v) is 11.7. The lowest BCUT2D eigenvalue weighted by Gasteiger charge is -2.40. The molecule has 4 heteroatoms. The number of nitrogens with zero attached hydrogens (tertiary/aromatic N) is 1. The number of nitrogens with one attached hydrogen (secondary N) is 1. The first kappa shape index (κ1) is 12.9. The van der Waals surface area contributed by atoms with Crippen LogP contribution < -0.4 is 5.32 Å². The monoisotopic (exact) mass is 254 g/mol. The molecule has 0 bridgehead atoms. The minimum absolute atomic E-state index is 0.371. The van der Waals surface area contributed by atoms with Crippen molar-refractivity contribution < 1.29 is 9.47 Å². The number of rotatable bonds is 2. The fourth-order valence-electron chi connectivity index (χ4n) is 3.50. The normalized spacial score (nSPS) is 37.7. The quantitative estimate of drug-likeness (QED) is 0.806. The van der Waals surface area contributed by atoms with Gasteiger partial charge in [-0.15, -0.1) is 0 Å². The molecule has 3 aliphatic heterocycles. The molecule has 3 heterocycles. The van der Waals surface area contributed by atoms with E-state index < -0.39 is 5.79 Å². The number of hydrogen-bond donors (Lipinski definition) is 1. The summed E-state index contributed by atoms with van der Waals surface area (Å²) in [4.78, 5) is 2.66. The Labute approximate surface area is 110 Å². The van der Waals surface area contributed by atoms with Gasteiger partial charge in [-0.05, 0) is 52.6 Å². The number of hydrogen-bond acceptors (Lipinski definition) is 4. The van der Waals surface area contributed by atoms with E-state index in [0.717, 1.165) is 19.3 Å². The minimum Gasteiger partial charge on any atom is -0.349 e. The molecule has 4 nitrogen and oxygen atoms in total. The predicted octanol–water partition coefficient (Wildman–Crippen LogP) is 1.35. The summed E-state index contributed by atoms with van der Waals surface area (Å²) in [7, 11) is 0. The third-order valence-corrected chi connectivity index (χ3v) is 4.56. The van der Waals surface area contributed by atoms with E-state index in [-0.39, 0.29) is 0 Å². The lowest BCUT2D eigenvalue weighted by Crippen LogP contribution is -2.54. The molecule has 2 unspecified atom stereocenters. The lowest BCUT2D eigenvalue weighted by molar-refractivity contribution is -0.253. The number of ether oxygens (including phenoxy) is 2. The van der Waals surface area contributed by atoms with Gasteiger partial charge in [-0.1, -0.05) is 0 Å². The minimum atomic E-state index is -0.396. The lowest BCUT2D eigenvalue weighted by atomic mass is 9.97. The van der Waals surface area contributed by atoms with Crippen molar-refractivity contribution in [1.29, 1.82) is 0 Å². The van der Waals surface area contributed by atoms with E-state index in [1.165, 1.54) is 38.8 Å². The summed E-state index contributed by atoms with van der Waals surface area (Å²) in [5, 5.41) is 3.73. The molecule has 3 saturated heterocycles. The van der Waals surface area contributed by atoms with Gasteiger partial charge in [0.1, 0.15) is 0 Å². The van der Waals surface area contributed by atoms with Crippen LogP contribution in [0, 0.1) is 0 Å². The molecule has 3 fully saturated rings. The van der Waals surface area contributed by atoms with Gasteiger partial charge in [0.25, 0.3) is 0 Å². The van der Waals surface area contributed by atoms with Crippen molar-refractivity contribution in [3.05, 3.63) is 0 Å². The fraction of sp³-hybridized carbons (Fsp3) is 1.00. The Bertz CT molecular complexity index is 286. The van der Waals surface area contributed by atoms with Crippen LogP contribution in [-0.2, 0) is 9.47 Å². The van der Waals surface area contributed by atoms with E-state index in [4.69, 9.17) is 9.47 Å². The highest BCUT2D eigenvalue weighted by Gasteiger charge is 2.34. The molecule has 0 aliphatic carbocycles. The van der Waals surface area contributed by atoms with Crippen LogP contribution in [0.1, 0.15) is 39.5 Å². The summed E-state index contributed by atoms with van der Waals surface area (Å²) in [6.07, 6.45) is 5.36. The zero-order chi connectivity index (χ0) is 12.6. The van der Waals surface area contributed by atoms with Crippen LogP contribution in [0.4, 0.5) is 0 Å². The summed E-state index contributed by atoms with van der Waals surface area (Å²) >= 11 is 0. The summed E-state index contributed by atoms with van der Waals surface area (Å²) in [6, 6.07) is 1.86. The van der Waals surface area contributed by atoms with E-state index in [1.54, 1.807) is 0 Å². The molecule has 104 valence electrons. The Kier molecular flexibility index (Phi) is 3.63. The molecule has 0 aromatic carbocycles. The summed E-state index contributed by atoms with van der Waals surface area (Å²) in [5.41, 5.74) is 0. The zero-order valence-electron chi connectivity index (χ0n) is 11.7. The summed E-state index contributed by atoms with van der Waals surface area (Å²) in [6.45, 7) is 8.11. The molecule has 0 aromatic heterocycles. The van der Waals surface area contributed by atoms with Crippen LogP contribution in [0.3, 0.4) is 0 Å². The van der Waals surface area contributed by atoms with E-state index >= 15 is 0 Å². The SMILES string of the molecule is CC1(C)OCC(NC2CCN3CCCC3C2)CO1. The Balaban J connectivity index is 1.46. The van der Waals surface area contributed by atoms with E-state index in [0.29, 0.717) is 12.1 Å². The standard InChI is InChI=1S/C14H26N2O2/c1-14(2)17-9-12(10-18-14)15-11-5-7-16-6-3-4-13(16)8-11/h11-13,15H,3-10H2,1-2H3. The van der Waals surface area contributed by atoms with Gasteiger partial charge in [-0.3, -0.25) is 0 Å². The average molecular weight is 254 g/mol. The van der Waals surface area contributed by atoms with Gasteiger partial charge < -0.3 is 19.7 Å². The van der Waals surface area contributed by atoms with Crippen LogP contribution in [0.2, 0.25) is 0 Å². The maximum absolute atomic E-state index is 5.71. The van der Waals surface area contributed by atoms with E-state index in [9.17, 15) is 0 Å². The second kappa shape index (κ2) is 5.08. The van der Waals surface area contributed by atoms with Crippen LogP contribution in [0.15, 0.2) is 0 Å². The number of fused-ring (bicyclic) bond motifs is 1. The average Bonchev–Trinajstić information content (AvgIpc) is 2.79. The van der Waals surface area contributed by atoms with Crippen molar-refractivity contribution in [2.45, 2.75) is 63.4 Å². The molecule has 3 aliphatic rings. The maximum atomic E-state index is 5.71. The first-order chi connectivity index (χ1) is 8.62. The second-order valence-electron chi connectivity index (χ2n) is 6.44. The third kappa shape index (κ3) is 2.87. The first-order valence-electron chi connectivity index (χ1n) is 7.40. The van der Waals surface area contributed by atoms with Crippen LogP contribution >= 0.6 is 0 Å². The topological polar surface area (TPSA) is 33.7 Å². The molecule has 2 atom stereocenters. The summed E-state index contributed by atoms with van der Waals surface area (Å²) < 4.78 is 11.4. The van der Waals surface area contributed by atoms with Gasteiger partial charge >= 0.3 is 0 Å². The Morgan fingerprint density at radius 3 is 2.61 bits per heavy atom. The molecule has 1 N–H and O–H groups in total. The Hall–Kier alpha value is -0.160. The van der Waals surface area contributed by atoms with Crippen LogP contribution in [0.5, 0.6) is 0 Å². The second-order valence-corrected chi connectivity index (χ2v) is 6.44. The Morgan fingerprint density at radius 2 is 1.83 bits per heavy atom. The van der Waals surface area contributed by atoms with Crippen molar-refractivity contribution in [1.82, 2.24) is 10.2 Å². The van der Waals surface area contributed by atoms with Gasteiger partial charge in [0, 0.05) is 12.1 Å². The van der Waals surface area contributed by atoms with Crippen molar-refractivity contribution in [2.75, 3.05) is 26.3 Å². The van der Waals surface area contributed by atoms with Crippen molar-refractivity contribution in [3.8, 4) is 0 Å². The molecule has 0 spiro atoms. The highest BCUT2D eigenvalue weighted by molar-refractivity contribution is 4.90. The van der Waals surface area contributed by atoms with Gasteiger partial charge in [0.15, 0.2) is 5.79 Å². The highest BCUT2D eigenvalue weighted by Crippen LogP contribution is 2.27. The van der Waals surface area contributed by atoms with Gasteiger partial charge in [-0.2, -0.15) is 0 Å². The van der Waals surface area contributed by atoms with Crippen LogP contribution in [-0.4, -0.2) is 55.1 Å². The number of piperidine rings is 1. The van der Waals surface area contributed by atoms with E-state index in [2.05, 4.69) is 10.2 Å². The van der Waals surface area contributed by atoms with Gasteiger partial charge in [0.2, 0.25) is 0 Å². The smallest absolute Gasteiger partial charge is 0.162 e. The van der Waals surface area contributed by atoms with Gasteiger partial charge in [0.05, 0.1) is 19.3 Å². The third-order valence-electron chi connectivity index (χ3n) is 4.56. The van der Waals surface area contributed by atoms with Gasteiger partial charge in [-0.25, -0.2) is 0 Å². The Morgan fingerprint density at radius 1 is 1.06 bits per heavy atom. The van der Waals surface area contributed by atoms with Crippen LogP contribution in [0.25, 0.3) is 0 Å². The molecule has 0 radical (unpaired) electrons. The van der Waals surface area contributed by atoms with Crippen molar-refractivity contribution >= 4 is 0 Å². The molecule has 0 aromatic rings. The summed E-state index contributed by atoms with van der Waals surface area (Å²) in [5.74, 6) is -0.396. The molecule has 0 amide bonds. The maximum Gasteiger partial charge on any atom is 0.162 e. The first-order valence-corrected chi connectivity index (χ1v) is 7.40. The van der Waals surface area contributed by atoms with Crippen molar-refractivity contribution in [2.24, 2.45) is 0 Å². The van der Waals surface area contributed by atoms with Crippen molar-refractivity contribution in [3.63, 3.8) is 0 Å². The highest BCUT2D eigenvalue weighted by atomic mass is 16.7.